The van der Waals surface area contributed by atoms with Gasteiger partial charge >= 0.3 is 5.69 Å². The smallest absolute Gasteiger partial charge is 0.302 e. The predicted molar refractivity (Wildman–Crippen MR) is 63.3 cm³/mol. The van der Waals surface area contributed by atoms with E-state index in [0.717, 1.165) is 0 Å². The second-order valence-corrected chi connectivity index (χ2v) is 3.78. The summed E-state index contributed by atoms with van der Waals surface area (Å²) in [5, 5.41) is 21.6. The minimum absolute atomic E-state index is 0.179. The van der Waals surface area contributed by atoms with Gasteiger partial charge < -0.3 is 5.73 Å². The maximum atomic E-state index is 10.9. The van der Waals surface area contributed by atoms with Gasteiger partial charge in [-0.05, 0) is 18.9 Å². The van der Waals surface area contributed by atoms with Gasteiger partial charge in [-0.15, -0.1) is 11.6 Å². The van der Waals surface area contributed by atoms with E-state index in [1.807, 2.05) is 0 Å². The Morgan fingerprint density at radius 3 is 2.35 bits per heavy atom. The first-order valence-electron chi connectivity index (χ1n) is 4.66. The SMILES string of the molecule is Cc1cc([N+](=O)[O-])c(N)c([N+](=O)[O-])c1CCCl. The van der Waals surface area contributed by atoms with Gasteiger partial charge in [0.15, 0.2) is 5.69 Å². The Kier molecular flexibility index (Phi) is 3.84. The summed E-state index contributed by atoms with van der Waals surface area (Å²) in [6.45, 7) is 1.56. The molecule has 0 radical (unpaired) electrons. The highest BCUT2D eigenvalue weighted by Crippen LogP contribution is 2.37. The molecule has 0 heterocycles. The Bertz CT molecular complexity index is 490. The highest BCUT2D eigenvalue weighted by Gasteiger charge is 2.28. The summed E-state index contributed by atoms with van der Waals surface area (Å²) in [5.74, 6) is 0.179. The summed E-state index contributed by atoms with van der Waals surface area (Å²) in [6.07, 6.45) is 0.242. The van der Waals surface area contributed by atoms with Crippen LogP contribution < -0.4 is 5.73 Å². The zero-order valence-electron chi connectivity index (χ0n) is 8.97. The van der Waals surface area contributed by atoms with Crippen LogP contribution in [0.2, 0.25) is 0 Å². The van der Waals surface area contributed by atoms with Crippen molar-refractivity contribution in [3.8, 4) is 0 Å². The van der Waals surface area contributed by atoms with Crippen LogP contribution in [0, 0.1) is 27.2 Å². The molecule has 0 atom stereocenters. The van der Waals surface area contributed by atoms with Crippen LogP contribution in [0.4, 0.5) is 17.1 Å². The maximum absolute atomic E-state index is 10.9. The fourth-order valence-corrected chi connectivity index (χ4v) is 1.80. The van der Waals surface area contributed by atoms with Gasteiger partial charge in [-0.2, -0.15) is 0 Å². The Morgan fingerprint density at radius 2 is 1.94 bits per heavy atom. The first-order chi connectivity index (χ1) is 7.90. The van der Waals surface area contributed by atoms with Crippen LogP contribution in [0.1, 0.15) is 11.1 Å². The van der Waals surface area contributed by atoms with Crippen molar-refractivity contribution in [1.82, 2.24) is 0 Å². The van der Waals surface area contributed by atoms with E-state index >= 15 is 0 Å². The Balaban J connectivity index is 3.59. The Labute approximate surface area is 101 Å². The fraction of sp³-hybridized carbons (Fsp3) is 0.333. The molecule has 0 aliphatic rings. The number of nitrogens with zero attached hydrogens (tertiary/aromatic N) is 2. The topological polar surface area (TPSA) is 112 Å². The first-order valence-corrected chi connectivity index (χ1v) is 5.20. The molecule has 0 saturated heterocycles. The van der Waals surface area contributed by atoms with Gasteiger partial charge in [0.05, 0.1) is 9.85 Å². The number of nitro benzene ring substituents is 2. The normalized spacial score (nSPS) is 10.2. The number of anilines is 1. The molecule has 0 aliphatic heterocycles. The summed E-state index contributed by atoms with van der Waals surface area (Å²) < 4.78 is 0. The molecule has 2 N–H and O–H groups in total. The summed E-state index contributed by atoms with van der Waals surface area (Å²) in [7, 11) is 0. The summed E-state index contributed by atoms with van der Waals surface area (Å²) >= 11 is 5.54. The monoisotopic (exact) mass is 259 g/mol. The molecule has 1 rings (SSSR count). The number of nitrogen functional groups attached to an aromatic ring is 1. The number of hydrogen-bond acceptors (Lipinski definition) is 5. The van der Waals surface area contributed by atoms with Gasteiger partial charge in [-0.1, -0.05) is 0 Å². The van der Waals surface area contributed by atoms with Crippen LogP contribution in [0.5, 0.6) is 0 Å². The minimum atomic E-state index is -0.736. The summed E-state index contributed by atoms with van der Waals surface area (Å²) in [6, 6.07) is 1.23. The lowest BCUT2D eigenvalue weighted by atomic mass is 10.0. The van der Waals surface area contributed by atoms with Crippen molar-refractivity contribution in [2.24, 2.45) is 0 Å². The van der Waals surface area contributed by atoms with Gasteiger partial charge in [0.25, 0.3) is 5.69 Å². The molecule has 1 aromatic carbocycles. The largest absolute Gasteiger partial charge is 0.387 e. The highest BCUT2D eigenvalue weighted by molar-refractivity contribution is 6.18. The average molecular weight is 260 g/mol. The third-order valence-electron chi connectivity index (χ3n) is 2.37. The number of nitro groups is 2. The van der Waals surface area contributed by atoms with Crippen molar-refractivity contribution < 1.29 is 9.85 Å². The second-order valence-electron chi connectivity index (χ2n) is 3.41. The molecular weight excluding hydrogens is 250 g/mol. The quantitative estimate of drug-likeness (QED) is 0.385. The van der Waals surface area contributed by atoms with Crippen molar-refractivity contribution in [1.29, 1.82) is 0 Å². The number of hydrogen-bond donors (Lipinski definition) is 1. The van der Waals surface area contributed by atoms with Gasteiger partial charge in [-0.25, -0.2) is 0 Å². The Hall–Kier alpha value is -1.89. The molecule has 0 saturated carbocycles. The number of aryl methyl sites for hydroxylation is 1. The van der Waals surface area contributed by atoms with Crippen molar-refractivity contribution >= 4 is 28.7 Å². The Morgan fingerprint density at radius 1 is 1.35 bits per heavy atom. The third-order valence-corrected chi connectivity index (χ3v) is 2.56. The molecular formula is C9H10ClN3O4. The molecule has 0 aliphatic carbocycles. The number of alkyl halides is 1. The van der Waals surface area contributed by atoms with Gasteiger partial charge in [0.2, 0.25) is 0 Å². The molecule has 0 spiro atoms. The molecule has 92 valence electrons. The van der Waals surface area contributed by atoms with Gasteiger partial charge in [0.1, 0.15) is 0 Å². The summed E-state index contributed by atoms with van der Waals surface area (Å²) in [4.78, 5) is 20.2. The van der Waals surface area contributed by atoms with E-state index < -0.39 is 26.9 Å². The standard InChI is InChI=1S/C9H10ClN3O4/c1-5-4-7(12(14)15)8(11)9(13(16)17)6(5)2-3-10/h4H,2-3,11H2,1H3. The number of halogens is 1. The number of rotatable bonds is 4. The molecule has 0 amide bonds. The van der Waals surface area contributed by atoms with Crippen LogP contribution in [-0.4, -0.2) is 15.7 Å². The number of benzene rings is 1. The van der Waals surface area contributed by atoms with Gasteiger partial charge in [0, 0.05) is 17.5 Å². The van der Waals surface area contributed by atoms with Crippen LogP contribution in [-0.2, 0) is 6.42 Å². The zero-order valence-corrected chi connectivity index (χ0v) is 9.73. The maximum Gasteiger partial charge on any atom is 0.302 e. The summed E-state index contributed by atoms with van der Waals surface area (Å²) in [5.41, 5.74) is 4.95. The zero-order chi connectivity index (χ0) is 13.2. The molecule has 0 fully saturated rings. The molecule has 17 heavy (non-hydrogen) atoms. The van der Waals surface area contributed by atoms with Crippen LogP contribution >= 0.6 is 11.6 Å². The molecule has 0 bridgehead atoms. The lowest BCUT2D eigenvalue weighted by Crippen LogP contribution is -2.06. The molecule has 1 aromatic rings. The molecule has 0 aromatic heterocycles. The van der Waals surface area contributed by atoms with E-state index in [4.69, 9.17) is 17.3 Å². The van der Waals surface area contributed by atoms with E-state index in [1.54, 1.807) is 6.92 Å². The minimum Gasteiger partial charge on any atom is -0.387 e. The third kappa shape index (κ3) is 2.44. The van der Waals surface area contributed by atoms with E-state index in [-0.39, 0.29) is 12.3 Å². The van der Waals surface area contributed by atoms with Crippen molar-refractivity contribution in [2.75, 3.05) is 11.6 Å². The first kappa shape index (κ1) is 13.2. The molecule has 0 unspecified atom stereocenters. The van der Waals surface area contributed by atoms with Gasteiger partial charge in [-0.3, -0.25) is 20.2 Å². The predicted octanol–water partition coefficient (Wildman–Crippen LogP) is 2.17. The van der Waals surface area contributed by atoms with Crippen molar-refractivity contribution in [3.05, 3.63) is 37.4 Å². The average Bonchev–Trinajstić information content (AvgIpc) is 2.22. The molecule has 7 nitrogen and oxygen atoms in total. The molecule has 8 heteroatoms. The number of nitrogens with two attached hydrogens (primary N) is 1. The van der Waals surface area contributed by atoms with E-state index in [2.05, 4.69) is 0 Å². The highest BCUT2D eigenvalue weighted by atomic mass is 35.5. The van der Waals surface area contributed by atoms with E-state index in [9.17, 15) is 20.2 Å². The van der Waals surface area contributed by atoms with Crippen molar-refractivity contribution in [2.45, 2.75) is 13.3 Å². The van der Waals surface area contributed by atoms with Crippen LogP contribution in [0.3, 0.4) is 0 Å². The lowest BCUT2D eigenvalue weighted by Gasteiger charge is -2.07. The fourth-order valence-electron chi connectivity index (χ4n) is 1.61. The van der Waals surface area contributed by atoms with Crippen molar-refractivity contribution in [3.63, 3.8) is 0 Å². The van der Waals surface area contributed by atoms with Crippen LogP contribution in [0.15, 0.2) is 6.07 Å². The second kappa shape index (κ2) is 4.96. The lowest BCUT2D eigenvalue weighted by molar-refractivity contribution is -0.392. The van der Waals surface area contributed by atoms with E-state index in [1.165, 1.54) is 6.07 Å². The van der Waals surface area contributed by atoms with Crippen LogP contribution in [0.25, 0.3) is 0 Å². The van der Waals surface area contributed by atoms with E-state index in [0.29, 0.717) is 11.1 Å².